The first-order valence-electron chi connectivity index (χ1n) is 8.82. The molecule has 0 aliphatic rings. The SMILES string of the molecule is O=C(O)CCc1cc(F)c(OCc2c(-c3ccc(Cl)cc3)csc2C(F)(F)F)c(F)c1. The minimum atomic E-state index is -4.67. The van der Waals surface area contributed by atoms with Crippen molar-refractivity contribution in [2.24, 2.45) is 0 Å². The van der Waals surface area contributed by atoms with E-state index in [4.69, 9.17) is 21.4 Å². The normalized spacial score (nSPS) is 11.5. The summed E-state index contributed by atoms with van der Waals surface area (Å²) in [7, 11) is 0. The van der Waals surface area contributed by atoms with Gasteiger partial charge in [0.1, 0.15) is 11.5 Å². The highest BCUT2D eigenvalue weighted by Gasteiger charge is 2.37. The van der Waals surface area contributed by atoms with Crippen LogP contribution in [0.15, 0.2) is 41.8 Å². The van der Waals surface area contributed by atoms with Crippen molar-refractivity contribution >= 4 is 28.9 Å². The second-order valence-corrected chi connectivity index (χ2v) is 7.85. The second kappa shape index (κ2) is 9.23. The number of carboxylic acid groups (broad SMARTS) is 1. The lowest BCUT2D eigenvalue weighted by atomic mass is 10.0. The molecule has 0 bridgehead atoms. The lowest BCUT2D eigenvalue weighted by molar-refractivity contribution is -0.137. The first-order valence-corrected chi connectivity index (χ1v) is 10.1. The monoisotopic (exact) mass is 476 g/mol. The Hall–Kier alpha value is -2.65. The van der Waals surface area contributed by atoms with E-state index in [1.807, 2.05) is 0 Å². The fourth-order valence-corrected chi connectivity index (χ4v) is 4.01. The third-order valence-corrected chi connectivity index (χ3v) is 5.67. The van der Waals surface area contributed by atoms with Crippen LogP contribution in [0.25, 0.3) is 11.1 Å². The molecule has 0 saturated heterocycles. The maximum absolute atomic E-state index is 14.3. The number of ether oxygens (including phenoxy) is 1. The molecule has 3 aromatic rings. The number of thiophene rings is 1. The molecule has 0 radical (unpaired) electrons. The first kappa shape index (κ1) is 23.0. The minimum Gasteiger partial charge on any atom is -0.483 e. The van der Waals surface area contributed by atoms with Gasteiger partial charge >= 0.3 is 12.1 Å². The van der Waals surface area contributed by atoms with Crippen LogP contribution >= 0.6 is 22.9 Å². The first-order chi connectivity index (χ1) is 14.6. The number of halogens is 6. The molecular weight excluding hydrogens is 463 g/mol. The Kier molecular flexibility index (Phi) is 6.86. The van der Waals surface area contributed by atoms with Gasteiger partial charge in [0.15, 0.2) is 17.4 Å². The molecule has 2 aromatic carbocycles. The highest BCUT2D eigenvalue weighted by atomic mass is 35.5. The minimum absolute atomic E-state index is 0.0955. The standard InChI is InChI=1S/C21H14ClF5O3S/c22-13-4-2-12(3-5-13)15-10-31-20(21(25,26)27)14(15)9-30-19-16(23)7-11(8-17(19)24)1-6-18(28)29/h2-5,7-8,10H,1,6,9H2,(H,28,29). The van der Waals surface area contributed by atoms with Crippen LogP contribution in [0.4, 0.5) is 22.0 Å². The summed E-state index contributed by atoms with van der Waals surface area (Å²) in [5, 5.41) is 10.4. The number of alkyl halides is 3. The van der Waals surface area contributed by atoms with Crippen LogP contribution < -0.4 is 4.74 Å². The van der Waals surface area contributed by atoms with E-state index in [1.54, 1.807) is 0 Å². The highest BCUT2D eigenvalue weighted by Crippen LogP contribution is 2.42. The van der Waals surface area contributed by atoms with Crippen LogP contribution in [0, 0.1) is 11.6 Å². The fourth-order valence-electron chi connectivity index (χ4n) is 2.93. The molecule has 0 aliphatic carbocycles. The quantitative estimate of drug-likeness (QED) is 0.375. The molecule has 0 amide bonds. The number of aryl methyl sites for hydroxylation is 1. The molecule has 0 atom stereocenters. The van der Waals surface area contributed by atoms with E-state index in [0.717, 1.165) is 12.1 Å². The van der Waals surface area contributed by atoms with Crippen molar-refractivity contribution in [3.8, 4) is 16.9 Å². The Balaban J connectivity index is 1.91. The Morgan fingerprint density at radius 3 is 2.26 bits per heavy atom. The van der Waals surface area contributed by atoms with E-state index in [2.05, 4.69) is 0 Å². The smallest absolute Gasteiger partial charge is 0.426 e. The van der Waals surface area contributed by atoms with E-state index in [0.29, 0.717) is 21.9 Å². The predicted molar refractivity (Wildman–Crippen MR) is 106 cm³/mol. The summed E-state index contributed by atoms with van der Waals surface area (Å²) in [6.07, 6.45) is -5.11. The van der Waals surface area contributed by atoms with E-state index < -0.39 is 41.0 Å². The molecule has 0 aliphatic heterocycles. The zero-order valence-electron chi connectivity index (χ0n) is 15.6. The number of carboxylic acids is 1. The third-order valence-electron chi connectivity index (χ3n) is 4.35. The molecule has 0 saturated carbocycles. The Labute approximate surface area is 182 Å². The Morgan fingerprint density at radius 2 is 1.71 bits per heavy atom. The van der Waals surface area contributed by atoms with Crippen molar-refractivity contribution in [2.45, 2.75) is 25.6 Å². The van der Waals surface area contributed by atoms with Gasteiger partial charge in [0.2, 0.25) is 0 Å². The molecule has 0 unspecified atom stereocenters. The van der Waals surface area contributed by atoms with Gasteiger partial charge in [-0.25, -0.2) is 8.78 Å². The topological polar surface area (TPSA) is 46.5 Å². The van der Waals surface area contributed by atoms with Gasteiger partial charge in [-0.05, 0) is 52.8 Å². The van der Waals surface area contributed by atoms with Crippen LogP contribution in [0.3, 0.4) is 0 Å². The summed E-state index contributed by atoms with van der Waals surface area (Å²) in [4.78, 5) is 9.68. The van der Waals surface area contributed by atoms with E-state index in [-0.39, 0.29) is 29.5 Å². The van der Waals surface area contributed by atoms with Crippen molar-refractivity contribution < 1.29 is 36.6 Å². The van der Waals surface area contributed by atoms with Gasteiger partial charge in [-0.1, -0.05) is 23.7 Å². The molecule has 31 heavy (non-hydrogen) atoms. The average Bonchev–Trinajstić information content (AvgIpc) is 3.10. The molecular formula is C21H14ClF5O3S. The van der Waals surface area contributed by atoms with Crippen LogP contribution in [0.5, 0.6) is 5.75 Å². The largest absolute Gasteiger partial charge is 0.483 e. The predicted octanol–water partition coefficient (Wildman–Crippen LogP) is 6.96. The van der Waals surface area contributed by atoms with Crippen molar-refractivity contribution in [1.82, 2.24) is 0 Å². The molecule has 0 spiro atoms. The van der Waals surface area contributed by atoms with Crippen LogP contribution in [-0.2, 0) is 24.0 Å². The van der Waals surface area contributed by atoms with Gasteiger partial charge < -0.3 is 9.84 Å². The number of benzene rings is 2. The van der Waals surface area contributed by atoms with Crippen molar-refractivity contribution in [2.75, 3.05) is 0 Å². The molecule has 1 N–H and O–H groups in total. The summed E-state index contributed by atoms with van der Waals surface area (Å²) in [6.45, 7) is -0.724. The van der Waals surface area contributed by atoms with Gasteiger partial charge in [0.25, 0.3) is 0 Å². The summed E-state index contributed by atoms with van der Waals surface area (Å²) < 4.78 is 74.2. The molecule has 3 nitrogen and oxygen atoms in total. The molecule has 10 heteroatoms. The number of aliphatic carboxylic acids is 1. The van der Waals surface area contributed by atoms with Crippen LogP contribution in [0.2, 0.25) is 5.02 Å². The highest BCUT2D eigenvalue weighted by molar-refractivity contribution is 7.10. The Bertz CT molecular complexity index is 1070. The maximum Gasteiger partial charge on any atom is 0.426 e. The van der Waals surface area contributed by atoms with Crippen LogP contribution in [0.1, 0.15) is 22.4 Å². The second-order valence-electron chi connectivity index (χ2n) is 6.53. The zero-order valence-corrected chi connectivity index (χ0v) is 17.2. The third kappa shape index (κ3) is 5.54. The molecule has 0 fully saturated rings. The van der Waals surface area contributed by atoms with Gasteiger partial charge in [-0.3, -0.25) is 4.79 Å². The lowest BCUT2D eigenvalue weighted by Gasteiger charge is -2.14. The Morgan fingerprint density at radius 1 is 1.10 bits per heavy atom. The number of rotatable bonds is 7. The summed E-state index contributed by atoms with van der Waals surface area (Å²) in [5.41, 5.74) is 0.499. The maximum atomic E-state index is 14.3. The van der Waals surface area contributed by atoms with Crippen molar-refractivity contribution in [3.63, 3.8) is 0 Å². The van der Waals surface area contributed by atoms with E-state index >= 15 is 0 Å². The van der Waals surface area contributed by atoms with Gasteiger partial charge in [0.05, 0.1) is 0 Å². The number of carbonyl (C=O) groups is 1. The summed E-state index contributed by atoms with van der Waals surface area (Å²) in [5.74, 6) is -4.22. The zero-order chi connectivity index (χ0) is 22.8. The van der Waals surface area contributed by atoms with Crippen molar-refractivity contribution in [1.29, 1.82) is 0 Å². The van der Waals surface area contributed by atoms with Crippen molar-refractivity contribution in [3.05, 3.63) is 74.4 Å². The fraction of sp³-hybridized carbons (Fsp3) is 0.190. The number of hydrogen-bond donors (Lipinski definition) is 1. The van der Waals surface area contributed by atoms with Gasteiger partial charge in [0, 0.05) is 17.0 Å². The van der Waals surface area contributed by atoms with Gasteiger partial charge in [-0.2, -0.15) is 13.2 Å². The molecule has 3 rings (SSSR count). The molecule has 164 valence electrons. The van der Waals surface area contributed by atoms with Gasteiger partial charge in [-0.15, -0.1) is 11.3 Å². The summed E-state index contributed by atoms with van der Waals surface area (Å²) >= 11 is 6.28. The average molecular weight is 477 g/mol. The lowest BCUT2D eigenvalue weighted by Crippen LogP contribution is -2.09. The summed E-state index contributed by atoms with van der Waals surface area (Å²) in [6, 6.07) is 7.90. The number of hydrogen-bond acceptors (Lipinski definition) is 3. The van der Waals surface area contributed by atoms with E-state index in [1.165, 1.54) is 29.6 Å². The molecule has 1 heterocycles. The molecule has 1 aromatic heterocycles. The van der Waals surface area contributed by atoms with E-state index in [9.17, 15) is 26.7 Å². The van der Waals surface area contributed by atoms with Crippen LogP contribution in [-0.4, -0.2) is 11.1 Å².